The smallest absolute Gasteiger partial charge is 0.314 e. The van der Waals surface area contributed by atoms with Crippen LogP contribution in [0.15, 0.2) is 0 Å². The Kier molecular flexibility index (Phi) is 6.74. The maximum atomic E-state index is 11.7. The van der Waals surface area contributed by atoms with Crippen molar-refractivity contribution in [3.8, 4) is 0 Å². The average molecular weight is 288 g/mol. The number of aliphatic carboxylic acids is 1. The van der Waals surface area contributed by atoms with Crippen LogP contribution in [0.3, 0.4) is 0 Å². The molecule has 7 heteroatoms. The van der Waals surface area contributed by atoms with Crippen molar-refractivity contribution >= 4 is 12.0 Å². The summed E-state index contributed by atoms with van der Waals surface area (Å²) < 4.78 is 10.7. The van der Waals surface area contributed by atoms with Gasteiger partial charge >= 0.3 is 12.0 Å². The Morgan fingerprint density at radius 1 is 1.45 bits per heavy atom. The van der Waals surface area contributed by atoms with Crippen LogP contribution >= 0.6 is 0 Å². The molecular weight excluding hydrogens is 264 g/mol. The zero-order valence-corrected chi connectivity index (χ0v) is 12.1. The van der Waals surface area contributed by atoms with Gasteiger partial charge in [-0.05, 0) is 5.92 Å². The van der Waals surface area contributed by atoms with Gasteiger partial charge in [0.25, 0.3) is 0 Å². The van der Waals surface area contributed by atoms with Crippen molar-refractivity contribution in [1.82, 2.24) is 10.6 Å². The summed E-state index contributed by atoms with van der Waals surface area (Å²) in [7, 11) is 1.61. The van der Waals surface area contributed by atoms with Gasteiger partial charge in [-0.15, -0.1) is 0 Å². The molecule has 20 heavy (non-hydrogen) atoms. The molecule has 1 rings (SSSR count). The highest BCUT2D eigenvalue weighted by atomic mass is 16.5. The summed E-state index contributed by atoms with van der Waals surface area (Å²) in [5.74, 6) is -0.898. The fourth-order valence-electron chi connectivity index (χ4n) is 2.11. The molecule has 3 N–H and O–H groups in total. The normalized spacial score (nSPS) is 23.3. The summed E-state index contributed by atoms with van der Waals surface area (Å²) in [5, 5.41) is 14.2. The van der Waals surface area contributed by atoms with Crippen molar-refractivity contribution in [2.24, 2.45) is 5.92 Å². The Hall–Kier alpha value is -1.34. The summed E-state index contributed by atoms with van der Waals surface area (Å²) in [6.07, 6.45) is 1.52. The number of nitrogens with one attached hydrogen (secondary N) is 2. The van der Waals surface area contributed by atoms with E-state index in [0.717, 1.165) is 6.42 Å². The lowest BCUT2D eigenvalue weighted by atomic mass is 10.0. The van der Waals surface area contributed by atoms with E-state index in [2.05, 4.69) is 10.6 Å². The zero-order valence-electron chi connectivity index (χ0n) is 12.1. The number of methoxy groups -OCH3 is 1. The van der Waals surface area contributed by atoms with E-state index in [1.165, 1.54) is 0 Å². The molecule has 1 heterocycles. The van der Waals surface area contributed by atoms with Crippen LogP contribution in [0.5, 0.6) is 0 Å². The quantitative estimate of drug-likeness (QED) is 0.607. The van der Waals surface area contributed by atoms with Gasteiger partial charge in [-0.25, -0.2) is 4.79 Å². The second kappa shape index (κ2) is 8.06. The molecule has 2 atom stereocenters. The summed E-state index contributed by atoms with van der Waals surface area (Å²) in [5.41, 5.74) is -0.442. The molecule has 0 saturated carbocycles. The van der Waals surface area contributed by atoms with E-state index in [-0.39, 0.29) is 18.4 Å². The monoisotopic (exact) mass is 288 g/mol. The van der Waals surface area contributed by atoms with E-state index >= 15 is 0 Å². The van der Waals surface area contributed by atoms with Crippen molar-refractivity contribution in [1.29, 1.82) is 0 Å². The molecule has 0 aromatic heterocycles. The Balaban J connectivity index is 2.27. The van der Waals surface area contributed by atoms with E-state index in [1.807, 2.05) is 6.92 Å². The van der Waals surface area contributed by atoms with Gasteiger partial charge in [-0.3, -0.25) is 4.79 Å². The highest BCUT2D eigenvalue weighted by molar-refractivity contribution is 5.74. The van der Waals surface area contributed by atoms with Crippen LogP contribution in [-0.4, -0.2) is 56.1 Å². The third-order valence-corrected chi connectivity index (χ3v) is 3.66. The second-order valence-electron chi connectivity index (χ2n) is 5.13. The van der Waals surface area contributed by atoms with Crippen LogP contribution in [0.1, 0.15) is 26.2 Å². The van der Waals surface area contributed by atoms with Crippen molar-refractivity contribution in [3.63, 3.8) is 0 Å². The Labute approximate surface area is 119 Å². The average Bonchev–Trinajstić information content (AvgIpc) is 2.90. The SMILES string of the molecule is CCC(CNC(=O)NCC1(OC)CCOC1)CC(=O)O. The predicted molar refractivity (Wildman–Crippen MR) is 72.6 cm³/mol. The summed E-state index contributed by atoms with van der Waals surface area (Å²) in [4.78, 5) is 22.3. The number of carbonyl (C=O) groups is 2. The van der Waals surface area contributed by atoms with E-state index in [9.17, 15) is 9.59 Å². The first-order chi connectivity index (χ1) is 9.51. The molecule has 1 fully saturated rings. The fraction of sp³-hybridized carbons (Fsp3) is 0.846. The number of ether oxygens (including phenoxy) is 2. The highest BCUT2D eigenvalue weighted by Gasteiger charge is 2.35. The number of carboxylic acid groups (broad SMARTS) is 1. The van der Waals surface area contributed by atoms with Crippen LogP contribution in [-0.2, 0) is 14.3 Å². The minimum atomic E-state index is -0.847. The largest absolute Gasteiger partial charge is 0.481 e. The molecule has 1 aliphatic rings. The Morgan fingerprint density at radius 2 is 2.20 bits per heavy atom. The topological polar surface area (TPSA) is 96.9 Å². The molecule has 0 spiro atoms. The number of carbonyl (C=O) groups excluding carboxylic acids is 1. The Morgan fingerprint density at radius 3 is 2.70 bits per heavy atom. The highest BCUT2D eigenvalue weighted by Crippen LogP contribution is 2.21. The fourth-order valence-corrected chi connectivity index (χ4v) is 2.11. The molecule has 0 bridgehead atoms. The number of hydrogen-bond donors (Lipinski definition) is 3. The zero-order chi connectivity index (χ0) is 15.0. The van der Waals surface area contributed by atoms with E-state index in [1.54, 1.807) is 7.11 Å². The van der Waals surface area contributed by atoms with Crippen molar-refractivity contribution in [2.45, 2.75) is 31.8 Å². The van der Waals surface area contributed by atoms with Gasteiger partial charge in [0.1, 0.15) is 5.60 Å². The first-order valence-corrected chi connectivity index (χ1v) is 6.87. The van der Waals surface area contributed by atoms with E-state index < -0.39 is 11.6 Å². The van der Waals surface area contributed by atoms with Crippen LogP contribution in [0, 0.1) is 5.92 Å². The van der Waals surface area contributed by atoms with Gasteiger partial charge in [0.05, 0.1) is 13.2 Å². The van der Waals surface area contributed by atoms with Gasteiger partial charge in [0.15, 0.2) is 0 Å². The van der Waals surface area contributed by atoms with Crippen LogP contribution in [0.25, 0.3) is 0 Å². The minimum Gasteiger partial charge on any atom is -0.481 e. The maximum absolute atomic E-state index is 11.7. The summed E-state index contributed by atoms with van der Waals surface area (Å²) in [6, 6.07) is -0.308. The van der Waals surface area contributed by atoms with Crippen LogP contribution in [0.2, 0.25) is 0 Å². The number of carboxylic acids is 1. The first kappa shape index (κ1) is 16.7. The lowest BCUT2D eigenvalue weighted by Gasteiger charge is -2.26. The van der Waals surface area contributed by atoms with Crippen LogP contribution in [0.4, 0.5) is 4.79 Å². The number of rotatable bonds is 8. The third kappa shape index (κ3) is 5.34. The van der Waals surface area contributed by atoms with Gasteiger partial charge in [0.2, 0.25) is 0 Å². The molecule has 2 unspecified atom stereocenters. The lowest BCUT2D eigenvalue weighted by molar-refractivity contribution is -0.138. The molecule has 1 aliphatic heterocycles. The molecule has 0 aromatic rings. The molecular formula is C13H24N2O5. The minimum absolute atomic E-state index is 0.0514. The summed E-state index contributed by atoms with van der Waals surface area (Å²) in [6.45, 7) is 3.74. The second-order valence-corrected chi connectivity index (χ2v) is 5.13. The molecule has 2 amide bonds. The predicted octanol–water partition coefficient (Wildman–Crippen LogP) is 0.592. The number of hydrogen-bond acceptors (Lipinski definition) is 4. The first-order valence-electron chi connectivity index (χ1n) is 6.87. The molecule has 0 aliphatic carbocycles. The van der Waals surface area contributed by atoms with E-state index in [0.29, 0.717) is 32.7 Å². The lowest BCUT2D eigenvalue weighted by Crippen LogP contribution is -2.48. The van der Waals surface area contributed by atoms with Gasteiger partial charge in [-0.1, -0.05) is 13.3 Å². The molecule has 0 radical (unpaired) electrons. The third-order valence-electron chi connectivity index (χ3n) is 3.66. The standard InChI is InChI=1S/C13H24N2O5/c1-3-10(6-11(16)17)7-14-12(18)15-8-13(19-2)4-5-20-9-13/h10H,3-9H2,1-2H3,(H,16,17)(H2,14,15,18). The van der Waals surface area contributed by atoms with Crippen molar-refractivity contribution in [3.05, 3.63) is 0 Å². The molecule has 7 nitrogen and oxygen atoms in total. The Bertz CT molecular complexity index is 329. The van der Waals surface area contributed by atoms with Gasteiger partial charge in [-0.2, -0.15) is 0 Å². The van der Waals surface area contributed by atoms with Crippen molar-refractivity contribution in [2.75, 3.05) is 33.4 Å². The van der Waals surface area contributed by atoms with Crippen molar-refractivity contribution < 1.29 is 24.2 Å². The molecule has 1 saturated heterocycles. The van der Waals surface area contributed by atoms with E-state index in [4.69, 9.17) is 14.6 Å². The number of amides is 2. The van der Waals surface area contributed by atoms with Gasteiger partial charge in [0, 0.05) is 33.1 Å². The molecule has 116 valence electrons. The number of urea groups is 1. The van der Waals surface area contributed by atoms with Gasteiger partial charge < -0.3 is 25.2 Å². The molecule has 0 aromatic carbocycles. The summed E-state index contributed by atoms with van der Waals surface area (Å²) >= 11 is 0. The van der Waals surface area contributed by atoms with Crippen LogP contribution < -0.4 is 10.6 Å². The maximum Gasteiger partial charge on any atom is 0.314 e.